The largest absolute Gasteiger partial charge is 0.355 e. The fraction of sp³-hybridized carbons (Fsp3) is 0. The molecule has 0 atom stereocenters. The smallest absolute Gasteiger partial charge is 0.277 e. The topological polar surface area (TPSA) is 68.0 Å². The van der Waals surface area contributed by atoms with E-state index >= 15 is 0 Å². The molecule has 3 aromatic heterocycles. The van der Waals surface area contributed by atoms with Gasteiger partial charge in [-0.1, -0.05) is 29.4 Å². The number of pyridine rings is 1. The number of nitrogens with zero attached hydrogens (tertiary/aromatic N) is 2. The van der Waals surface area contributed by atoms with E-state index in [1.54, 1.807) is 12.3 Å². The van der Waals surface area contributed by atoms with Gasteiger partial charge >= 0.3 is 0 Å². The van der Waals surface area contributed by atoms with Gasteiger partial charge in [-0.05, 0) is 23.6 Å². The molecule has 0 unspecified atom stereocenters. The lowest BCUT2D eigenvalue weighted by Crippen LogP contribution is -2.12. The Bertz CT molecular complexity index is 976. The van der Waals surface area contributed by atoms with Gasteiger partial charge in [0, 0.05) is 11.5 Å². The molecule has 1 N–H and O–H groups in total. The lowest BCUT2D eigenvalue weighted by Gasteiger charge is -2.03. The third-order valence-corrected chi connectivity index (χ3v) is 4.24. The quantitative estimate of drug-likeness (QED) is 0.614. The summed E-state index contributed by atoms with van der Waals surface area (Å²) in [6.07, 6.45) is 1.63. The molecule has 23 heavy (non-hydrogen) atoms. The summed E-state index contributed by atoms with van der Waals surface area (Å²) in [6, 6.07) is 15.1. The molecule has 0 spiro atoms. The van der Waals surface area contributed by atoms with E-state index in [0.717, 1.165) is 15.8 Å². The minimum Gasteiger partial charge on any atom is -0.355 e. The van der Waals surface area contributed by atoms with Gasteiger partial charge in [-0.2, -0.15) is 0 Å². The second-order valence-corrected chi connectivity index (χ2v) is 5.87. The summed E-state index contributed by atoms with van der Waals surface area (Å²) in [7, 11) is 0. The minimum atomic E-state index is -0.325. The zero-order valence-corrected chi connectivity index (χ0v) is 12.7. The summed E-state index contributed by atoms with van der Waals surface area (Å²) in [5.41, 5.74) is 1.74. The van der Waals surface area contributed by atoms with Crippen molar-refractivity contribution in [3.8, 4) is 10.6 Å². The number of carbonyl (C=O) groups excluding carboxylic acids is 1. The van der Waals surface area contributed by atoms with E-state index in [-0.39, 0.29) is 11.6 Å². The van der Waals surface area contributed by atoms with Crippen LogP contribution in [0, 0.1) is 0 Å². The maximum atomic E-state index is 12.3. The summed E-state index contributed by atoms with van der Waals surface area (Å²) in [6.45, 7) is 0. The standard InChI is InChI=1S/C17H11N3O2S/c21-17(14-9-15(22-20-14)16-6-3-7-23-16)19-12-8-11-4-1-2-5-13(11)18-10-12/h1-10H,(H,19,21). The first-order valence-electron chi connectivity index (χ1n) is 6.96. The Balaban J connectivity index is 1.57. The van der Waals surface area contributed by atoms with Crippen molar-refractivity contribution >= 4 is 33.8 Å². The molecule has 5 nitrogen and oxygen atoms in total. The Labute approximate surface area is 135 Å². The number of hydrogen-bond donors (Lipinski definition) is 1. The van der Waals surface area contributed by atoms with Crippen molar-refractivity contribution in [3.63, 3.8) is 0 Å². The lowest BCUT2D eigenvalue weighted by atomic mass is 10.2. The number of nitrogens with one attached hydrogen (secondary N) is 1. The first-order chi connectivity index (χ1) is 11.3. The number of thiophene rings is 1. The van der Waals surface area contributed by atoms with Crippen molar-refractivity contribution < 1.29 is 9.32 Å². The van der Waals surface area contributed by atoms with Crippen LogP contribution in [-0.4, -0.2) is 16.0 Å². The highest BCUT2D eigenvalue weighted by atomic mass is 32.1. The number of anilines is 1. The summed E-state index contributed by atoms with van der Waals surface area (Å²) in [4.78, 5) is 17.5. The van der Waals surface area contributed by atoms with E-state index in [2.05, 4.69) is 15.5 Å². The molecular formula is C17H11N3O2S. The van der Waals surface area contributed by atoms with E-state index in [0.29, 0.717) is 11.4 Å². The van der Waals surface area contributed by atoms with Crippen LogP contribution >= 0.6 is 11.3 Å². The van der Waals surface area contributed by atoms with Crippen LogP contribution in [0.2, 0.25) is 0 Å². The second-order valence-electron chi connectivity index (χ2n) is 4.92. The molecule has 0 radical (unpaired) electrons. The third-order valence-electron chi connectivity index (χ3n) is 3.36. The highest BCUT2D eigenvalue weighted by molar-refractivity contribution is 7.13. The van der Waals surface area contributed by atoms with Gasteiger partial charge in [0.15, 0.2) is 11.5 Å². The van der Waals surface area contributed by atoms with E-state index < -0.39 is 0 Å². The molecule has 4 aromatic rings. The highest BCUT2D eigenvalue weighted by Gasteiger charge is 2.14. The van der Waals surface area contributed by atoms with Gasteiger partial charge in [-0.25, -0.2) is 0 Å². The maximum Gasteiger partial charge on any atom is 0.277 e. The number of carbonyl (C=O) groups is 1. The predicted molar refractivity (Wildman–Crippen MR) is 89.5 cm³/mol. The number of amides is 1. The zero-order chi connectivity index (χ0) is 15.6. The number of rotatable bonds is 3. The molecule has 0 saturated carbocycles. The van der Waals surface area contributed by atoms with E-state index in [9.17, 15) is 4.79 Å². The first-order valence-corrected chi connectivity index (χ1v) is 7.84. The van der Waals surface area contributed by atoms with Crippen molar-refractivity contribution in [1.29, 1.82) is 0 Å². The molecule has 112 valence electrons. The molecule has 0 aliphatic carbocycles. The lowest BCUT2D eigenvalue weighted by molar-refractivity contribution is 0.101. The highest BCUT2D eigenvalue weighted by Crippen LogP contribution is 2.25. The molecule has 4 rings (SSSR count). The Morgan fingerprint density at radius 3 is 2.91 bits per heavy atom. The van der Waals surface area contributed by atoms with Gasteiger partial charge in [-0.15, -0.1) is 11.3 Å². The van der Waals surface area contributed by atoms with Gasteiger partial charge in [0.2, 0.25) is 0 Å². The summed E-state index contributed by atoms with van der Waals surface area (Å²) >= 11 is 1.53. The van der Waals surface area contributed by atoms with E-state index in [1.165, 1.54) is 11.3 Å². The number of benzene rings is 1. The number of hydrogen-bond acceptors (Lipinski definition) is 5. The van der Waals surface area contributed by atoms with Gasteiger partial charge in [-0.3, -0.25) is 9.78 Å². The van der Waals surface area contributed by atoms with Crippen LogP contribution in [0.5, 0.6) is 0 Å². The van der Waals surface area contributed by atoms with Crippen molar-refractivity contribution in [2.75, 3.05) is 5.32 Å². The van der Waals surface area contributed by atoms with Gasteiger partial charge in [0.05, 0.1) is 22.3 Å². The predicted octanol–water partition coefficient (Wildman–Crippen LogP) is 4.20. The molecule has 0 aliphatic rings. The average Bonchev–Trinajstić information content (AvgIpc) is 3.26. The maximum absolute atomic E-state index is 12.3. The Kier molecular flexibility index (Phi) is 3.36. The second kappa shape index (κ2) is 5.66. The Morgan fingerprint density at radius 1 is 1.13 bits per heavy atom. The number of para-hydroxylation sites is 1. The number of aromatic nitrogens is 2. The molecule has 0 bridgehead atoms. The van der Waals surface area contributed by atoms with Crippen molar-refractivity contribution in [2.45, 2.75) is 0 Å². The molecular weight excluding hydrogens is 310 g/mol. The molecule has 1 amide bonds. The van der Waals surface area contributed by atoms with Gasteiger partial charge in [0.1, 0.15) is 0 Å². The number of fused-ring (bicyclic) bond motifs is 1. The SMILES string of the molecule is O=C(Nc1cnc2ccccc2c1)c1cc(-c2cccs2)on1. The van der Waals surface area contributed by atoms with Crippen molar-refractivity contribution in [3.05, 3.63) is 65.8 Å². The van der Waals surface area contributed by atoms with Crippen molar-refractivity contribution in [2.24, 2.45) is 0 Å². The third kappa shape index (κ3) is 2.72. The van der Waals surface area contributed by atoms with E-state index in [1.807, 2.05) is 47.8 Å². The zero-order valence-electron chi connectivity index (χ0n) is 11.9. The molecule has 6 heteroatoms. The van der Waals surface area contributed by atoms with Crippen LogP contribution in [0.4, 0.5) is 5.69 Å². The average molecular weight is 321 g/mol. The minimum absolute atomic E-state index is 0.238. The fourth-order valence-corrected chi connectivity index (χ4v) is 2.92. The molecule has 0 fully saturated rings. The van der Waals surface area contributed by atoms with Crippen LogP contribution in [0.25, 0.3) is 21.5 Å². The van der Waals surface area contributed by atoms with Gasteiger partial charge in [0.25, 0.3) is 5.91 Å². The van der Waals surface area contributed by atoms with E-state index in [4.69, 9.17) is 4.52 Å². The summed E-state index contributed by atoms with van der Waals surface area (Å²) < 4.78 is 5.22. The van der Waals surface area contributed by atoms with Crippen LogP contribution in [-0.2, 0) is 0 Å². The first kappa shape index (κ1) is 13.7. The molecule has 1 aromatic carbocycles. The van der Waals surface area contributed by atoms with Crippen LogP contribution in [0.3, 0.4) is 0 Å². The van der Waals surface area contributed by atoms with Crippen molar-refractivity contribution in [1.82, 2.24) is 10.1 Å². The molecule has 3 heterocycles. The van der Waals surface area contributed by atoms with Crippen LogP contribution in [0.1, 0.15) is 10.5 Å². The van der Waals surface area contributed by atoms with Gasteiger partial charge < -0.3 is 9.84 Å². The normalized spacial score (nSPS) is 10.8. The fourth-order valence-electron chi connectivity index (χ4n) is 2.25. The monoisotopic (exact) mass is 321 g/mol. The summed E-state index contributed by atoms with van der Waals surface area (Å²) in [5.74, 6) is 0.260. The summed E-state index contributed by atoms with van der Waals surface area (Å²) in [5, 5.41) is 9.52. The molecule has 0 saturated heterocycles. The van der Waals surface area contributed by atoms with Crippen LogP contribution in [0.15, 0.2) is 64.6 Å². The van der Waals surface area contributed by atoms with Crippen LogP contribution < -0.4 is 5.32 Å². The molecule has 0 aliphatic heterocycles. The Hall–Kier alpha value is -2.99. The Morgan fingerprint density at radius 2 is 2.04 bits per heavy atom.